The molecule has 1 heterocycles. The molecule has 122 valence electrons. The van der Waals surface area contributed by atoms with Gasteiger partial charge in [0.25, 0.3) is 6.33 Å². The Kier molecular flexibility index (Phi) is 6.23. The molecule has 0 bridgehead atoms. The number of benzene rings is 2. The fraction of sp³-hybridized carbons (Fsp3) is 0.105. The van der Waals surface area contributed by atoms with Gasteiger partial charge in [-0.3, -0.25) is 4.79 Å². The lowest BCUT2D eigenvalue weighted by atomic mass is 10.1. The summed E-state index contributed by atoms with van der Waals surface area (Å²) in [6.45, 7) is 2.28. The Morgan fingerprint density at radius 3 is 2.29 bits per heavy atom. The summed E-state index contributed by atoms with van der Waals surface area (Å²) in [6.07, 6.45) is 3.54. The van der Waals surface area contributed by atoms with E-state index in [0.29, 0.717) is 10.6 Å². The molecule has 1 aromatic heterocycles. The molecule has 24 heavy (non-hydrogen) atoms. The molecule has 0 spiro atoms. The van der Waals surface area contributed by atoms with E-state index >= 15 is 0 Å². The van der Waals surface area contributed by atoms with Crippen LogP contribution in [0, 0.1) is 6.92 Å². The van der Waals surface area contributed by atoms with E-state index in [1.165, 1.54) is 0 Å². The molecule has 0 aliphatic carbocycles. The Morgan fingerprint density at radius 1 is 1.04 bits per heavy atom. The minimum Gasteiger partial charge on any atom is -1.00 e. The maximum atomic E-state index is 12.3. The number of halogens is 2. The van der Waals surface area contributed by atoms with Crippen molar-refractivity contribution < 1.29 is 26.3 Å². The van der Waals surface area contributed by atoms with E-state index in [9.17, 15) is 4.79 Å². The fourth-order valence-electron chi connectivity index (χ4n) is 2.27. The Balaban J connectivity index is 0.00000208. The van der Waals surface area contributed by atoms with Gasteiger partial charge in [0.05, 0.1) is 6.20 Å². The van der Waals surface area contributed by atoms with Crippen LogP contribution in [0.3, 0.4) is 0 Å². The minimum absolute atomic E-state index is 0. The zero-order valence-corrected chi connectivity index (χ0v) is 15.5. The molecule has 0 radical (unpaired) electrons. The fourth-order valence-corrected chi connectivity index (χ4v) is 2.39. The van der Waals surface area contributed by atoms with Gasteiger partial charge in [0.1, 0.15) is 0 Å². The lowest BCUT2D eigenvalue weighted by Gasteiger charge is -2.01. The first-order valence-corrected chi connectivity index (χ1v) is 7.70. The van der Waals surface area contributed by atoms with Gasteiger partial charge < -0.3 is 17.0 Å². The van der Waals surface area contributed by atoms with Gasteiger partial charge in [0, 0.05) is 22.2 Å². The van der Waals surface area contributed by atoms with Crippen molar-refractivity contribution in [2.24, 2.45) is 0 Å². The third kappa shape index (κ3) is 4.49. The summed E-state index contributed by atoms with van der Waals surface area (Å²) < 4.78 is 1.78. The molecule has 0 unspecified atom stereocenters. The molecule has 3 nitrogen and oxygen atoms in total. The summed E-state index contributed by atoms with van der Waals surface area (Å²) >= 11 is 5.89. The van der Waals surface area contributed by atoms with Crippen molar-refractivity contribution in [1.82, 2.24) is 4.98 Å². The quantitative estimate of drug-likeness (QED) is 0.479. The average Bonchev–Trinajstić information content (AvgIpc) is 2.57. The van der Waals surface area contributed by atoms with E-state index < -0.39 is 0 Å². The number of rotatable bonds is 4. The van der Waals surface area contributed by atoms with Crippen LogP contribution in [0.2, 0.25) is 5.02 Å². The van der Waals surface area contributed by atoms with Gasteiger partial charge >= 0.3 is 0 Å². The van der Waals surface area contributed by atoms with Crippen LogP contribution >= 0.6 is 11.6 Å². The van der Waals surface area contributed by atoms with E-state index in [0.717, 1.165) is 16.8 Å². The van der Waals surface area contributed by atoms with Crippen molar-refractivity contribution in [3.05, 3.63) is 83.3 Å². The Labute approximate surface area is 156 Å². The summed E-state index contributed by atoms with van der Waals surface area (Å²) in [7, 11) is 0. The SMILES string of the molecule is Cc1ccc(C(=O)C[n+]2ccc(-c3ccc(Cl)cc3)nc2)cc1.[Br-]. The maximum Gasteiger partial charge on any atom is 0.287 e. The van der Waals surface area contributed by atoms with Gasteiger partial charge in [0.2, 0.25) is 5.78 Å². The standard InChI is InChI=1S/C19H16ClN2O.BrH/c1-14-2-4-16(5-3-14)19(23)12-22-11-10-18(21-13-22)15-6-8-17(20)9-7-15;/h2-11,13H,12H2,1H3;1H/q+1;/p-1. The Bertz CT molecular complexity index is 815. The molecule has 0 fully saturated rings. The van der Waals surface area contributed by atoms with E-state index in [4.69, 9.17) is 11.6 Å². The summed E-state index contributed by atoms with van der Waals surface area (Å²) in [5.74, 6) is 0.0658. The molecule has 5 heteroatoms. The van der Waals surface area contributed by atoms with Crippen LogP contribution in [0.1, 0.15) is 15.9 Å². The van der Waals surface area contributed by atoms with Gasteiger partial charge in [0.15, 0.2) is 12.2 Å². The number of carbonyl (C=O) groups excluding carboxylic acids is 1. The van der Waals surface area contributed by atoms with Crippen molar-refractivity contribution in [3.8, 4) is 11.3 Å². The van der Waals surface area contributed by atoms with E-state index in [1.807, 2.05) is 67.7 Å². The molecular formula is C19H16BrClN2O. The highest BCUT2D eigenvalue weighted by atomic mass is 79.9. The number of hydrogen-bond donors (Lipinski definition) is 0. The van der Waals surface area contributed by atoms with Crippen LogP contribution in [-0.2, 0) is 6.54 Å². The summed E-state index contributed by atoms with van der Waals surface area (Å²) in [5.41, 5.74) is 3.69. The average molecular weight is 404 g/mol. The van der Waals surface area contributed by atoms with Gasteiger partial charge in [-0.1, -0.05) is 41.4 Å². The second-order valence-electron chi connectivity index (χ2n) is 5.41. The van der Waals surface area contributed by atoms with Gasteiger partial charge in [-0.25, -0.2) is 4.57 Å². The highest BCUT2D eigenvalue weighted by molar-refractivity contribution is 6.30. The van der Waals surface area contributed by atoms with Crippen molar-refractivity contribution in [2.75, 3.05) is 0 Å². The first-order valence-electron chi connectivity index (χ1n) is 7.33. The van der Waals surface area contributed by atoms with E-state index in [1.54, 1.807) is 10.9 Å². The number of aromatic nitrogens is 2. The molecule has 0 atom stereocenters. The largest absolute Gasteiger partial charge is 1.00 e. The number of Topliss-reactive ketones (excluding diaryl/α,β-unsaturated/α-hetero) is 1. The molecule has 2 aromatic carbocycles. The van der Waals surface area contributed by atoms with E-state index in [2.05, 4.69) is 4.98 Å². The predicted octanol–water partition coefficient (Wildman–Crippen LogP) is 0.885. The van der Waals surface area contributed by atoms with Gasteiger partial charge in [-0.2, -0.15) is 0 Å². The Hall–Kier alpha value is -2.04. The van der Waals surface area contributed by atoms with Crippen LogP contribution in [0.4, 0.5) is 0 Å². The summed E-state index contributed by atoms with van der Waals surface area (Å²) in [4.78, 5) is 16.7. The zero-order chi connectivity index (χ0) is 16.2. The number of ketones is 1. The number of nitrogens with zero attached hydrogens (tertiary/aromatic N) is 2. The topological polar surface area (TPSA) is 33.8 Å². The molecular weight excluding hydrogens is 388 g/mol. The minimum atomic E-state index is 0. The van der Waals surface area contributed by atoms with Crippen LogP contribution in [0.25, 0.3) is 11.3 Å². The van der Waals surface area contributed by atoms with Crippen LogP contribution in [-0.4, -0.2) is 10.8 Å². The number of hydrogen-bond acceptors (Lipinski definition) is 2. The molecule has 0 N–H and O–H groups in total. The number of aryl methyl sites for hydroxylation is 1. The second kappa shape index (κ2) is 8.18. The first-order chi connectivity index (χ1) is 11.1. The maximum absolute atomic E-state index is 12.3. The number of carbonyl (C=O) groups is 1. The van der Waals surface area contributed by atoms with Crippen molar-refractivity contribution in [2.45, 2.75) is 13.5 Å². The normalized spacial score (nSPS) is 10.1. The van der Waals surface area contributed by atoms with Crippen molar-refractivity contribution in [3.63, 3.8) is 0 Å². The molecule has 3 aromatic rings. The monoisotopic (exact) mass is 402 g/mol. The molecule has 3 rings (SSSR count). The van der Waals surface area contributed by atoms with Crippen molar-refractivity contribution >= 4 is 17.4 Å². The molecule has 0 saturated carbocycles. The smallest absolute Gasteiger partial charge is 0.287 e. The van der Waals surface area contributed by atoms with Crippen LogP contribution in [0.15, 0.2) is 67.1 Å². The molecule has 0 aliphatic heterocycles. The molecule has 0 amide bonds. The third-order valence-electron chi connectivity index (χ3n) is 3.61. The Morgan fingerprint density at radius 2 is 1.71 bits per heavy atom. The predicted molar refractivity (Wildman–Crippen MR) is 90.4 cm³/mol. The van der Waals surface area contributed by atoms with Crippen LogP contribution < -0.4 is 21.5 Å². The van der Waals surface area contributed by atoms with E-state index in [-0.39, 0.29) is 29.3 Å². The van der Waals surface area contributed by atoms with Gasteiger partial charge in [-0.15, -0.1) is 0 Å². The second-order valence-corrected chi connectivity index (χ2v) is 5.85. The summed E-state index contributed by atoms with van der Waals surface area (Å²) in [5, 5.41) is 0.698. The highest BCUT2D eigenvalue weighted by Gasteiger charge is 2.11. The van der Waals surface area contributed by atoms with Crippen molar-refractivity contribution in [1.29, 1.82) is 0 Å². The zero-order valence-electron chi connectivity index (χ0n) is 13.1. The lowest BCUT2D eigenvalue weighted by Crippen LogP contribution is -3.00. The first kappa shape index (κ1) is 18.3. The van der Waals surface area contributed by atoms with Gasteiger partial charge in [-0.05, 0) is 36.2 Å². The van der Waals surface area contributed by atoms with Crippen LogP contribution in [0.5, 0.6) is 0 Å². The lowest BCUT2D eigenvalue weighted by molar-refractivity contribution is -0.686. The molecule has 0 aliphatic rings. The molecule has 0 saturated heterocycles. The third-order valence-corrected chi connectivity index (χ3v) is 3.86. The highest BCUT2D eigenvalue weighted by Crippen LogP contribution is 2.18. The summed E-state index contributed by atoms with van der Waals surface area (Å²) in [6, 6.07) is 17.0.